The molecule has 0 bridgehead atoms. The summed E-state index contributed by atoms with van der Waals surface area (Å²) in [5.74, 6) is 0.0426. The number of hydrogen-bond acceptors (Lipinski definition) is 6. The van der Waals surface area contributed by atoms with Gasteiger partial charge < -0.3 is 15.8 Å². The average molecular weight is 467 g/mol. The van der Waals surface area contributed by atoms with E-state index in [1.165, 1.54) is 23.9 Å². The Morgan fingerprint density at radius 3 is 2.67 bits per heavy atom. The molecule has 2 aliphatic rings. The van der Waals surface area contributed by atoms with Gasteiger partial charge in [-0.1, -0.05) is 6.42 Å². The smallest absolute Gasteiger partial charge is 0.420 e. The zero-order chi connectivity index (χ0) is 24.0. The molecule has 1 aromatic heterocycles. The number of nitrogen functional groups attached to an aromatic ring is 1. The van der Waals surface area contributed by atoms with Crippen molar-refractivity contribution in [3.05, 3.63) is 34.5 Å². The van der Waals surface area contributed by atoms with Gasteiger partial charge in [-0.05, 0) is 38.5 Å². The van der Waals surface area contributed by atoms with Crippen LogP contribution in [0.15, 0.2) is 38.9 Å². The molecule has 33 heavy (non-hydrogen) atoms. The number of nitrogens with two attached hydrogens (primary N) is 1. The first-order valence-corrected chi connectivity index (χ1v) is 10.8. The number of allylic oxidation sites excluding steroid dienone is 1. The van der Waals surface area contributed by atoms with Crippen molar-refractivity contribution in [2.45, 2.75) is 63.3 Å². The lowest BCUT2D eigenvalue weighted by atomic mass is 9.84. The molecule has 2 aliphatic carbocycles. The molecule has 0 aliphatic heterocycles. The third-order valence-corrected chi connectivity index (χ3v) is 5.80. The first kappa shape index (κ1) is 24.5. The molecular weight excluding hydrogens is 439 g/mol. The van der Waals surface area contributed by atoms with Gasteiger partial charge in [-0.25, -0.2) is 4.99 Å². The molecule has 180 valence electrons. The van der Waals surface area contributed by atoms with Crippen LogP contribution in [-0.2, 0) is 4.74 Å². The Labute approximate surface area is 189 Å². The second kappa shape index (κ2) is 10.6. The zero-order valence-electron chi connectivity index (χ0n) is 18.3. The number of halogens is 3. The predicted octanol–water partition coefficient (Wildman–Crippen LogP) is 2.87. The average Bonchev–Trinajstić information content (AvgIpc) is 2.72. The van der Waals surface area contributed by atoms with Gasteiger partial charge in [0.25, 0.3) is 5.56 Å². The summed E-state index contributed by atoms with van der Waals surface area (Å²) in [7, 11) is 1.44. The Kier molecular flexibility index (Phi) is 7.88. The van der Waals surface area contributed by atoms with Crippen LogP contribution in [0.3, 0.4) is 0 Å². The first-order chi connectivity index (χ1) is 15.7. The summed E-state index contributed by atoms with van der Waals surface area (Å²) in [6.07, 6.45) is 3.36. The van der Waals surface area contributed by atoms with Crippen molar-refractivity contribution in [3.63, 3.8) is 0 Å². The highest BCUT2D eigenvalue weighted by Crippen LogP contribution is 2.28. The fourth-order valence-electron chi connectivity index (χ4n) is 3.71. The number of ether oxygens (including phenoxy) is 1. The highest BCUT2D eigenvalue weighted by molar-refractivity contribution is 5.94. The van der Waals surface area contributed by atoms with Crippen LogP contribution in [0.1, 0.15) is 44.9 Å². The van der Waals surface area contributed by atoms with Crippen molar-refractivity contribution in [2.75, 3.05) is 12.8 Å². The molecule has 1 heterocycles. The van der Waals surface area contributed by atoms with Gasteiger partial charge in [0.05, 0.1) is 12.4 Å². The Morgan fingerprint density at radius 2 is 2.06 bits per heavy atom. The van der Waals surface area contributed by atoms with Gasteiger partial charge >= 0.3 is 6.18 Å². The van der Waals surface area contributed by atoms with Crippen molar-refractivity contribution in [3.8, 4) is 0 Å². The summed E-state index contributed by atoms with van der Waals surface area (Å²) in [5, 5.41) is 11.5. The molecule has 0 unspecified atom stereocenters. The van der Waals surface area contributed by atoms with Crippen LogP contribution in [0.25, 0.3) is 0 Å². The number of alkyl halides is 3. The highest BCUT2D eigenvalue weighted by atomic mass is 19.4. The Balaban J connectivity index is 1.64. The molecule has 0 radical (unpaired) electrons. The van der Waals surface area contributed by atoms with Crippen LogP contribution in [0.5, 0.6) is 0 Å². The molecule has 12 heteroatoms. The summed E-state index contributed by atoms with van der Waals surface area (Å²) in [4.78, 5) is 22.8. The summed E-state index contributed by atoms with van der Waals surface area (Å²) in [6, 6.07) is 1.10. The predicted molar refractivity (Wildman–Crippen MR) is 120 cm³/mol. The van der Waals surface area contributed by atoms with Gasteiger partial charge in [0.15, 0.2) is 0 Å². The van der Waals surface area contributed by atoms with Crippen LogP contribution in [0, 0.1) is 11.3 Å². The number of aliphatic imine (C=N–C) groups is 2. The van der Waals surface area contributed by atoms with Crippen molar-refractivity contribution in [1.82, 2.24) is 14.9 Å². The maximum Gasteiger partial charge on any atom is 0.420 e. The van der Waals surface area contributed by atoms with E-state index in [2.05, 4.69) is 20.3 Å². The third kappa shape index (κ3) is 6.65. The summed E-state index contributed by atoms with van der Waals surface area (Å²) in [6.45, 7) is 0. The molecule has 2 fully saturated rings. The van der Waals surface area contributed by atoms with Gasteiger partial charge in [0.1, 0.15) is 11.4 Å². The van der Waals surface area contributed by atoms with Crippen LogP contribution in [-0.4, -0.2) is 52.9 Å². The monoisotopic (exact) mass is 467 g/mol. The van der Waals surface area contributed by atoms with Crippen LogP contribution in [0.4, 0.5) is 19.1 Å². The summed E-state index contributed by atoms with van der Waals surface area (Å²) in [5.41, 5.74) is 4.31. The molecule has 2 atom stereocenters. The Bertz CT molecular complexity index is 996. The third-order valence-electron chi connectivity index (χ3n) is 5.80. The quantitative estimate of drug-likeness (QED) is 0.348. The summed E-state index contributed by atoms with van der Waals surface area (Å²) >= 11 is 0. The van der Waals surface area contributed by atoms with E-state index in [-0.39, 0.29) is 35.8 Å². The molecule has 0 spiro atoms. The van der Waals surface area contributed by atoms with E-state index in [1.807, 2.05) is 0 Å². The largest absolute Gasteiger partial charge is 0.497 e. The van der Waals surface area contributed by atoms with E-state index in [0.29, 0.717) is 12.6 Å². The van der Waals surface area contributed by atoms with Gasteiger partial charge in [-0.15, -0.1) is 0 Å². The molecule has 4 N–H and O–H groups in total. The van der Waals surface area contributed by atoms with E-state index < -0.39 is 17.3 Å². The minimum atomic E-state index is -4.60. The van der Waals surface area contributed by atoms with Gasteiger partial charge in [-0.2, -0.15) is 18.2 Å². The topological polar surface area (TPSA) is 131 Å². The fraction of sp³-hybridized carbons (Fsp3) is 0.571. The number of nitrogens with one attached hydrogen (secondary N) is 2. The number of guanidine groups is 1. The highest BCUT2D eigenvalue weighted by Gasteiger charge is 2.34. The molecule has 2 saturated carbocycles. The molecule has 0 saturated heterocycles. The number of anilines is 1. The SMILES string of the molecule is CN=C(N=C/C(=C/OC1CCC1)C(F)(F)F)N[C@@H]1CCC[C@H](C(=N)n2ccc(=O)nc2N)C1. The fourth-order valence-corrected chi connectivity index (χ4v) is 3.71. The number of hydrogen-bond donors (Lipinski definition) is 3. The van der Waals surface area contributed by atoms with Gasteiger partial charge in [-0.3, -0.25) is 19.8 Å². The van der Waals surface area contributed by atoms with Crippen LogP contribution in [0.2, 0.25) is 0 Å². The molecule has 3 rings (SSSR count). The minimum Gasteiger partial charge on any atom is -0.497 e. The normalized spacial score (nSPS) is 22.8. The second-order valence-corrected chi connectivity index (χ2v) is 8.15. The molecular formula is C21H28F3N7O2. The van der Waals surface area contributed by atoms with E-state index in [0.717, 1.165) is 44.8 Å². The maximum absolute atomic E-state index is 13.3. The lowest BCUT2D eigenvalue weighted by Crippen LogP contribution is -2.40. The molecule has 0 amide bonds. The Hall–Kier alpha value is -3.18. The van der Waals surface area contributed by atoms with Crippen molar-refractivity contribution in [2.24, 2.45) is 15.9 Å². The number of rotatable bonds is 5. The molecule has 0 aromatic carbocycles. The lowest BCUT2D eigenvalue weighted by Gasteiger charge is -2.31. The van der Waals surface area contributed by atoms with Crippen molar-refractivity contribution < 1.29 is 17.9 Å². The Morgan fingerprint density at radius 1 is 1.33 bits per heavy atom. The van der Waals surface area contributed by atoms with Crippen molar-refractivity contribution in [1.29, 1.82) is 5.41 Å². The van der Waals surface area contributed by atoms with Crippen LogP contribution >= 0.6 is 0 Å². The standard InChI is InChI=1S/C21H28F3N7O2/c1-27-20(28-11-14(21(22,23)24)12-33-16-6-3-7-16)29-15-5-2-4-13(10-15)18(25)31-9-8-17(32)30-19(31)26/h8-9,11-13,15-16,25H,2-7,10H2,1H3,(H,27,29)(H2,26,30,32)/b14-12-,25-18?,28-11?/t13-,15+/m0/s1. The van der Waals surface area contributed by atoms with E-state index in [9.17, 15) is 18.0 Å². The molecule has 1 aromatic rings. The van der Waals surface area contributed by atoms with Gasteiger partial charge in [0, 0.05) is 37.5 Å². The summed E-state index contributed by atoms with van der Waals surface area (Å²) < 4.78 is 46.5. The minimum absolute atomic E-state index is 0.0569. The maximum atomic E-state index is 13.3. The molecule has 9 nitrogen and oxygen atoms in total. The van der Waals surface area contributed by atoms with Gasteiger partial charge in [0.2, 0.25) is 11.9 Å². The zero-order valence-corrected chi connectivity index (χ0v) is 18.3. The first-order valence-electron chi connectivity index (χ1n) is 10.8. The number of aromatic nitrogens is 2. The van der Waals surface area contributed by atoms with E-state index in [1.54, 1.807) is 0 Å². The van der Waals surface area contributed by atoms with Crippen LogP contribution < -0.4 is 16.6 Å². The number of nitrogens with zero attached hydrogens (tertiary/aromatic N) is 4. The van der Waals surface area contributed by atoms with Crippen molar-refractivity contribution >= 4 is 24.0 Å². The van der Waals surface area contributed by atoms with E-state index in [4.69, 9.17) is 15.9 Å². The lowest BCUT2D eigenvalue weighted by molar-refractivity contribution is -0.0888. The van der Waals surface area contributed by atoms with E-state index >= 15 is 0 Å². The second-order valence-electron chi connectivity index (χ2n) is 8.15.